The van der Waals surface area contributed by atoms with Crippen LogP contribution in [0, 0.1) is 16.7 Å². The van der Waals surface area contributed by atoms with E-state index in [1.807, 2.05) is 45.0 Å². The van der Waals surface area contributed by atoms with E-state index < -0.39 is 10.8 Å². The second kappa shape index (κ2) is 3.84. The van der Waals surface area contributed by atoms with E-state index in [0.29, 0.717) is 6.42 Å². The zero-order valence-electron chi connectivity index (χ0n) is 11.3. The molecule has 94 valence electrons. The fourth-order valence-electron chi connectivity index (χ4n) is 2.92. The molecule has 0 unspecified atom stereocenters. The number of carbonyl (C=O) groups excluding carboxylic acids is 1. The summed E-state index contributed by atoms with van der Waals surface area (Å²) in [5.74, 6) is 0.0759. The predicted molar refractivity (Wildman–Crippen MR) is 71.2 cm³/mol. The molecule has 1 aliphatic rings. The number of likely N-dealkylation sites (N-methyl/N-ethyl adjacent to an activating group) is 1. The van der Waals surface area contributed by atoms with Gasteiger partial charge in [-0.05, 0) is 38.8 Å². The first kappa shape index (κ1) is 12.6. The maximum atomic E-state index is 12.5. The fourth-order valence-corrected chi connectivity index (χ4v) is 2.92. The van der Waals surface area contributed by atoms with Gasteiger partial charge in [-0.1, -0.05) is 18.2 Å². The first-order valence-corrected chi connectivity index (χ1v) is 6.11. The Labute approximate surface area is 108 Å². The van der Waals surface area contributed by atoms with Gasteiger partial charge >= 0.3 is 0 Å². The van der Waals surface area contributed by atoms with Crippen molar-refractivity contribution in [1.82, 2.24) is 0 Å². The van der Waals surface area contributed by atoms with Crippen molar-refractivity contribution in [3.63, 3.8) is 0 Å². The lowest BCUT2D eigenvalue weighted by Crippen LogP contribution is -2.39. The molecule has 0 fully saturated rings. The van der Waals surface area contributed by atoms with Gasteiger partial charge in [0.15, 0.2) is 0 Å². The highest BCUT2D eigenvalue weighted by Crippen LogP contribution is 2.46. The van der Waals surface area contributed by atoms with Crippen LogP contribution in [0.15, 0.2) is 24.3 Å². The third-order valence-corrected chi connectivity index (χ3v) is 3.73. The molecule has 2 rings (SSSR count). The number of amides is 1. The molecule has 18 heavy (non-hydrogen) atoms. The average molecular weight is 242 g/mol. The minimum Gasteiger partial charge on any atom is -0.314 e. The molecule has 1 aromatic rings. The molecule has 1 aromatic carbocycles. The Kier molecular flexibility index (Phi) is 2.70. The molecule has 0 saturated carbocycles. The number of hydrogen-bond donors (Lipinski definition) is 0. The van der Waals surface area contributed by atoms with Gasteiger partial charge in [0.05, 0.1) is 16.9 Å². The monoisotopic (exact) mass is 242 g/mol. The average Bonchev–Trinajstić information content (AvgIpc) is 2.52. The smallest absolute Gasteiger partial charge is 0.237 e. The topological polar surface area (TPSA) is 44.1 Å². The van der Waals surface area contributed by atoms with Crippen molar-refractivity contribution in [2.75, 3.05) is 11.9 Å². The highest BCUT2D eigenvalue weighted by molar-refractivity contribution is 6.07. The van der Waals surface area contributed by atoms with Crippen LogP contribution in [0.5, 0.6) is 0 Å². The van der Waals surface area contributed by atoms with Crippen LogP contribution in [0.4, 0.5) is 5.69 Å². The van der Waals surface area contributed by atoms with E-state index in [1.165, 1.54) is 0 Å². The van der Waals surface area contributed by atoms with E-state index in [9.17, 15) is 10.1 Å². The molecule has 0 aliphatic carbocycles. The lowest BCUT2D eigenvalue weighted by Gasteiger charge is -2.29. The van der Waals surface area contributed by atoms with Gasteiger partial charge in [-0.3, -0.25) is 4.79 Å². The lowest BCUT2D eigenvalue weighted by atomic mass is 9.71. The third kappa shape index (κ3) is 1.69. The zero-order chi connectivity index (χ0) is 13.6. The summed E-state index contributed by atoms with van der Waals surface area (Å²) in [7, 11) is 1.80. The Morgan fingerprint density at radius 1 is 1.39 bits per heavy atom. The Morgan fingerprint density at radius 2 is 2.00 bits per heavy atom. The summed E-state index contributed by atoms with van der Waals surface area (Å²) in [6.07, 6.45) is 0.538. The molecule has 0 radical (unpaired) electrons. The number of nitrogens with zero attached hydrogens (tertiary/aromatic N) is 2. The summed E-state index contributed by atoms with van der Waals surface area (Å²) in [5, 5.41) is 9.19. The van der Waals surface area contributed by atoms with E-state index >= 15 is 0 Å². The molecule has 3 nitrogen and oxygen atoms in total. The number of para-hydroxylation sites is 1. The van der Waals surface area contributed by atoms with Crippen LogP contribution in [0.1, 0.15) is 32.8 Å². The van der Waals surface area contributed by atoms with E-state index in [4.69, 9.17) is 0 Å². The minimum absolute atomic E-state index is 0.0759. The molecule has 0 aromatic heterocycles. The summed E-state index contributed by atoms with van der Waals surface area (Å²) in [5.41, 5.74) is 0.882. The van der Waals surface area contributed by atoms with Gasteiger partial charge in [0.25, 0.3) is 0 Å². The van der Waals surface area contributed by atoms with Gasteiger partial charge < -0.3 is 4.90 Å². The highest BCUT2D eigenvalue weighted by atomic mass is 16.2. The van der Waals surface area contributed by atoms with E-state index in [1.54, 1.807) is 11.9 Å². The predicted octanol–water partition coefficient (Wildman–Crippen LogP) is 2.86. The van der Waals surface area contributed by atoms with Gasteiger partial charge in [-0.2, -0.15) is 5.26 Å². The maximum Gasteiger partial charge on any atom is 0.237 e. The second-order valence-corrected chi connectivity index (χ2v) is 5.89. The fraction of sp³-hybridized carbons (Fsp3) is 0.467. The first-order chi connectivity index (χ1) is 8.32. The number of anilines is 1. The van der Waals surface area contributed by atoms with Crippen LogP contribution in [0.3, 0.4) is 0 Å². The molecule has 0 spiro atoms. The third-order valence-electron chi connectivity index (χ3n) is 3.73. The number of fused-ring (bicyclic) bond motifs is 1. The van der Waals surface area contributed by atoms with Crippen molar-refractivity contribution in [2.24, 2.45) is 5.41 Å². The summed E-state index contributed by atoms with van der Waals surface area (Å²) in [6, 6.07) is 10.1. The second-order valence-electron chi connectivity index (χ2n) is 5.89. The number of rotatable bonds is 2. The van der Waals surface area contributed by atoms with Gasteiger partial charge in [-0.25, -0.2) is 0 Å². The number of carbonyl (C=O) groups is 1. The van der Waals surface area contributed by atoms with Gasteiger partial charge in [-0.15, -0.1) is 0 Å². The molecule has 1 amide bonds. The van der Waals surface area contributed by atoms with Crippen molar-refractivity contribution in [3.8, 4) is 6.07 Å². The minimum atomic E-state index is -0.593. The Morgan fingerprint density at radius 3 is 2.61 bits per heavy atom. The van der Waals surface area contributed by atoms with Crippen molar-refractivity contribution in [2.45, 2.75) is 32.6 Å². The van der Waals surface area contributed by atoms with Crippen molar-refractivity contribution in [3.05, 3.63) is 29.8 Å². The van der Waals surface area contributed by atoms with Crippen LogP contribution in [0.2, 0.25) is 0 Å². The van der Waals surface area contributed by atoms with Gasteiger partial charge in [0.2, 0.25) is 5.91 Å². The summed E-state index contributed by atoms with van der Waals surface area (Å²) >= 11 is 0. The zero-order valence-corrected chi connectivity index (χ0v) is 11.3. The van der Waals surface area contributed by atoms with E-state index in [0.717, 1.165) is 11.3 Å². The number of benzene rings is 1. The van der Waals surface area contributed by atoms with Crippen molar-refractivity contribution < 1.29 is 4.79 Å². The molecule has 3 heteroatoms. The molecule has 0 bridgehead atoms. The van der Waals surface area contributed by atoms with Crippen molar-refractivity contribution in [1.29, 1.82) is 5.26 Å². The molecule has 1 atom stereocenters. The van der Waals surface area contributed by atoms with Crippen LogP contribution in [0.25, 0.3) is 0 Å². The van der Waals surface area contributed by atoms with Gasteiger partial charge in [0.1, 0.15) is 0 Å². The molecular weight excluding hydrogens is 224 g/mol. The molecule has 1 aliphatic heterocycles. The highest BCUT2D eigenvalue weighted by Gasteiger charge is 2.48. The standard InChI is InChI=1S/C15H18N2O/c1-14(2,10-16)9-15(3)11-7-5-6-8-12(11)17(4)13(15)18/h5-8H,9H2,1-4H3/t15-/m1/s1. The van der Waals surface area contributed by atoms with Crippen LogP contribution >= 0.6 is 0 Å². The molecule has 0 N–H and O–H groups in total. The first-order valence-electron chi connectivity index (χ1n) is 6.11. The summed E-state index contributed by atoms with van der Waals surface area (Å²) in [6.45, 7) is 5.70. The van der Waals surface area contributed by atoms with E-state index in [-0.39, 0.29) is 5.91 Å². The normalized spacial score (nSPS) is 22.8. The van der Waals surface area contributed by atoms with Crippen LogP contribution in [-0.2, 0) is 10.2 Å². The molecule has 1 heterocycles. The molecule has 0 saturated heterocycles. The summed E-state index contributed by atoms with van der Waals surface area (Å²) < 4.78 is 0. The van der Waals surface area contributed by atoms with Crippen LogP contribution in [-0.4, -0.2) is 13.0 Å². The number of nitriles is 1. The maximum absolute atomic E-state index is 12.5. The Balaban J connectivity index is 2.52. The number of hydrogen-bond acceptors (Lipinski definition) is 2. The molecular formula is C15H18N2O. The Hall–Kier alpha value is -1.82. The lowest BCUT2D eigenvalue weighted by molar-refractivity contribution is -0.123. The summed E-state index contributed by atoms with van der Waals surface area (Å²) in [4.78, 5) is 14.2. The van der Waals surface area contributed by atoms with E-state index in [2.05, 4.69) is 6.07 Å². The van der Waals surface area contributed by atoms with Gasteiger partial charge in [0, 0.05) is 12.7 Å². The van der Waals surface area contributed by atoms with Crippen molar-refractivity contribution >= 4 is 11.6 Å². The largest absolute Gasteiger partial charge is 0.314 e. The quantitative estimate of drug-likeness (QED) is 0.800. The van der Waals surface area contributed by atoms with Crippen LogP contribution < -0.4 is 4.90 Å². The Bertz CT molecular complexity index is 542. The SMILES string of the molecule is CN1C(=O)[C@](C)(CC(C)(C)C#N)c2ccccc21.